The molecule has 2 rings (SSSR count). The molecule has 5 heteroatoms. The molecule has 2 aromatic carbocycles. The van der Waals surface area contributed by atoms with Gasteiger partial charge in [0.25, 0.3) is 0 Å². The van der Waals surface area contributed by atoms with E-state index in [0.717, 1.165) is 16.7 Å². The van der Waals surface area contributed by atoms with Crippen LogP contribution in [-0.4, -0.2) is 32.6 Å². The van der Waals surface area contributed by atoms with Crippen molar-refractivity contribution in [3.8, 4) is 11.5 Å². The second kappa shape index (κ2) is 7.83. The molecule has 0 aliphatic carbocycles. The smallest absolute Gasteiger partial charge is 0.342 e. The van der Waals surface area contributed by atoms with Crippen molar-refractivity contribution in [3.63, 3.8) is 0 Å². The van der Waals surface area contributed by atoms with E-state index >= 15 is 0 Å². The van der Waals surface area contributed by atoms with Crippen molar-refractivity contribution in [2.75, 3.05) is 20.8 Å². The lowest BCUT2D eigenvalue weighted by Crippen LogP contribution is -2.16. The summed E-state index contributed by atoms with van der Waals surface area (Å²) in [6.45, 7) is 5.47. The second-order valence-corrected chi connectivity index (χ2v) is 5.79. The van der Waals surface area contributed by atoms with E-state index in [1.165, 1.54) is 14.2 Å². The van der Waals surface area contributed by atoms with Crippen LogP contribution in [0.1, 0.15) is 37.4 Å². The van der Waals surface area contributed by atoms with E-state index in [-0.39, 0.29) is 23.7 Å². The van der Waals surface area contributed by atoms with Crippen molar-refractivity contribution < 1.29 is 23.8 Å². The molecule has 0 heterocycles. The number of aryl methyl sites for hydroxylation is 3. The van der Waals surface area contributed by atoms with E-state index in [1.807, 2.05) is 32.9 Å². The Morgan fingerprint density at radius 3 is 2.20 bits per heavy atom. The first-order valence-electron chi connectivity index (χ1n) is 7.88. The predicted molar refractivity (Wildman–Crippen MR) is 94.8 cm³/mol. The summed E-state index contributed by atoms with van der Waals surface area (Å²) in [6.07, 6.45) is 0. The number of para-hydroxylation sites is 1. The van der Waals surface area contributed by atoms with Crippen LogP contribution in [0.5, 0.6) is 11.5 Å². The quantitative estimate of drug-likeness (QED) is 0.592. The molecule has 0 unspecified atom stereocenters. The average Bonchev–Trinajstić information content (AvgIpc) is 2.61. The van der Waals surface area contributed by atoms with E-state index in [0.29, 0.717) is 11.3 Å². The van der Waals surface area contributed by atoms with Crippen molar-refractivity contribution >= 4 is 11.8 Å². The van der Waals surface area contributed by atoms with Crippen molar-refractivity contribution in [1.29, 1.82) is 0 Å². The zero-order chi connectivity index (χ0) is 18.6. The van der Waals surface area contributed by atoms with Crippen LogP contribution in [0.2, 0.25) is 0 Å². The Kier molecular flexibility index (Phi) is 5.80. The molecule has 0 aliphatic rings. The summed E-state index contributed by atoms with van der Waals surface area (Å²) in [6, 6.07) is 8.68. The highest BCUT2D eigenvalue weighted by Gasteiger charge is 2.19. The molecule has 25 heavy (non-hydrogen) atoms. The molecule has 0 aromatic heterocycles. The standard InChI is InChI=1S/C20H22O5/c1-12-9-14(3)16(10-13(12)2)17(21)11-25-20(22)15-7-6-8-18(23-4)19(15)24-5/h6-10H,11H2,1-5H3. The van der Waals surface area contributed by atoms with Gasteiger partial charge in [-0.25, -0.2) is 4.79 Å². The second-order valence-electron chi connectivity index (χ2n) is 5.79. The Morgan fingerprint density at radius 2 is 1.56 bits per heavy atom. The molecule has 0 saturated heterocycles. The third-order valence-electron chi connectivity index (χ3n) is 4.10. The molecule has 0 N–H and O–H groups in total. The first-order valence-corrected chi connectivity index (χ1v) is 7.88. The SMILES string of the molecule is COc1cccc(C(=O)OCC(=O)c2cc(C)c(C)cc2C)c1OC. The molecule has 2 aromatic rings. The minimum atomic E-state index is -0.634. The van der Waals surface area contributed by atoms with Gasteiger partial charge in [0.2, 0.25) is 5.78 Å². The number of benzene rings is 2. The van der Waals surface area contributed by atoms with Crippen LogP contribution in [0, 0.1) is 20.8 Å². The number of methoxy groups -OCH3 is 2. The Hall–Kier alpha value is -2.82. The summed E-state index contributed by atoms with van der Waals surface area (Å²) >= 11 is 0. The minimum absolute atomic E-state index is 0.214. The number of carbonyl (C=O) groups is 2. The van der Waals surface area contributed by atoms with Crippen molar-refractivity contribution in [1.82, 2.24) is 0 Å². The van der Waals surface area contributed by atoms with Gasteiger partial charge in [-0.15, -0.1) is 0 Å². The Morgan fingerprint density at radius 1 is 0.880 bits per heavy atom. The molecule has 0 saturated carbocycles. The summed E-state index contributed by atoms with van der Waals surface area (Å²) in [4.78, 5) is 24.7. The largest absolute Gasteiger partial charge is 0.493 e. The fraction of sp³-hybridized carbons (Fsp3) is 0.300. The van der Waals surface area contributed by atoms with Crippen molar-refractivity contribution in [2.24, 2.45) is 0 Å². The highest BCUT2D eigenvalue weighted by Crippen LogP contribution is 2.31. The minimum Gasteiger partial charge on any atom is -0.493 e. The van der Waals surface area contributed by atoms with Gasteiger partial charge in [0, 0.05) is 5.56 Å². The van der Waals surface area contributed by atoms with Crippen LogP contribution in [0.3, 0.4) is 0 Å². The Labute approximate surface area is 147 Å². The van der Waals surface area contributed by atoms with Crippen molar-refractivity contribution in [3.05, 3.63) is 58.1 Å². The van der Waals surface area contributed by atoms with Gasteiger partial charge >= 0.3 is 5.97 Å². The van der Waals surface area contributed by atoms with E-state index in [1.54, 1.807) is 18.2 Å². The maximum atomic E-state index is 12.4. The number of Topliss-reactive ketones (excluding diaryl/α,β-unsaturated/α-hetero) is 1. The molecule has 0 radical (unpaired) electrons. The van der Waals surface area contributed by atoms with E-state index in [2.05, 4.69) is 0 Å². The number of carbonyl (C=O) groups excluding carboxylic acids is 2. The number of hydrogen-bond donors (Lipinski definition) is 0. The maximum absolute atomic E-state index is 12.4. The third-order valence-corrected chi connectivity index (χ3v) is 4.10. The number of rotatable bonds is 6. The number of ketones is 1. The van der Waals surface area contributed by atoms with Gasteiger partial charge in [0.15, 0.2) is 18.1 Å². The molecular formula is C20H22O5. The lowest BCUT2D eigenvalue weighted by atomic mass is 9.98. The topological polar surface area (TPSA) is 61.8 Å². The molecule has 132 valence electrons. The predicted octanol–water partition coefficient (Wildman–Crippen LogP) is 3.67. The fourth-order valence-electron chi connectivity index (χ4n) is 2.60. The normalized spacial score (nSPS) is 10.3. The van der Waals surface area contributed by atoms with Gasteiger partial charge in [-0.2, -0.15) is 0 Å². The summed E-state index contributed by atoms with van der Waals surface area (Å²) < 4.78 is 15.6. The monoisotopic (exact) mass is 342 g/mol. The van der Waals surface area contributed by atoms with Gasteiger partial charge in [-0.3, -0.25) is 4.79 Å². The van der Waals surface area contributed by atoms with E-state index in [9.17, 15) is 9.59 Å². The molecule has 0 aliphatic heterocycles. The van der Waals surface area contributed by atoms with Gasteiger partial charge < -0.3 is 14.2 Å². The third kappa shape index (κ3) is 3.99. The molecule has 0 bridgehead atoms. The zero-order valence-electron chi connectivity index (χ0n) is 15.1. The van der Waals surface area contributed by atoms with Gasteiger partial charge in [-0.05, 0) is 55.7 Å². The van der Waals surface area contributed by atoms with Gasteiger partial charge in [0.1, 0.15) is 5.56 Å². The molecule has 0 amide bonds. The lowest BCUT2D eigenvalue weighted by molar-refractivity contribution is 0.0471. The van der Waals surface area contributed by atoms with Crippen LogP contribution < -0.4 is 9.47 Å². The first-order chi connectivity index (χ1) is 11.9. The Bertz CT molecular complexity index is 808. The van der Waals surface area contributed by atoms with Gasteiger partial charge in [0.05, 0.1) is 14.2 Å². The number of esters is 1. The molecule has 5 nitrogen and oxygen atoms in total. The van der Waals surface area contributed by atoms with Crippen LogP contribution in [0.4, 0.5) is 0 Å². The summed E-state index contributed by atoms with van der Waals surface area (Å²) in [5, 5.41) is 0. The molecule has 0 atom stereocenters. The van der Waals surface area contributed by atoms with Crippen LogP contribution in [0.25, 0.3) is 0 Å². The summed E-state index contributed by atoms with van der Waals surface area (Å²) in [5.41, 5.74) is 3.78. The maximum Gasteiger partial charge on any atom is 0.342 e. The number of ether oxygens (including phenoxy) is 3. The van der Waals surface area contributed by atoms with Crippen LogP contribution >= 0.6 is 0 Å². The van der Waals surface area contributed by atoms with Crippen molar-refractivity contribution in [2.45, 2.75) is 20.8 Å². The summed E-state index contributed by atoms with van der Waals surface area (Å²) in [5.74, 6) is -0.167. The zero-order valence-corrected chi connectivity index (χ0v) is 15.1. The van der Waals surface area contributed by atoms with E-state index < -0.39 is 5.97 Å². The Balaban J connectivity index is 2.15. The fourth-order valence-corrected chi connectivity index (χ4v) is 2.60. The number of hydrogen-bond acceptors (Lipinski definition) is 5. The van der Waals surface area contributed by atoms with Crippen LogP contribution in [-0.2, 0) is 4.74 Å². The highest BCUT2D eigenvalue weighted by molar-refractivity contribution is 6.01. The van der Waals surface area contributed by atoms with Crippen LogP contribution in [0.15, 0.2) is 30.3 Å². The molecule has 0 spiro atoms. The summed E-state index contributed by atoms with van der Waals surface area (Å²) in [7, 11) is 2.93. The van der Waals surface area contributed by atoms with E-state index in [4.69, 9.17) is 14.2 Å². The highest BCUT2D eigenvalue weighted by atomic mass is 16.5. The molecular weight excluding hydrogens is 320 g/mol. The average molecular weight is 342 g/mol. The first kappa shape index (κ1) is 18.5. The molecule has 0 fully saturated rings. The van der Waals surface area contributed by atoms with Gasteiger partial charge in [-0.1, -0.05) is 12.1 Å². The lowest BCUT2D eigenvalue weighted by Gasteiger charge is -2.12.